The van der Waals surface area contributed by atoms with Crippen LogP contribution in [0.2, 0.25) is 0 Å². The predicted octanol–water partition coefficient (Wildman–Crippen LogP) is 32.0. The van der Waals surface area contributed by atoms with E-state index in [0.29, 0.717) is 0 Å². The van der Waals surface area contributed by atoms with Crippen LogP contribution in [0.25, 0.3) is 88.4 Å². The molecule has 0 spiro atoms. The van der Waals surface area contributed by atoms with Crippen molar-refractivity contribution in [2.45, 2.75) is 210 Å². The second-order valence-corrected chi connectivity index (χ2v) is 34.1. The van der Waals surface area contributed by atoms with Crippen LogP contribution in [0.3, 0.4) is 0 Å². The van der Waals surface area contributed by atoms with Crippen LogP contribution in [0.5, 0.6) is 0 Å². The lowest BCUT2D eigenvalue weighted by Gasteiger charge is -2.40. The summed E-state index contributed by atoms with van der Waals surface area (Å²) in [5.74, 6) is 0. The Morgan fingerprint density at radius 2 is 0.684 bits per heavy atom. The fourth-order valence-corrected chi connectivity index (χ4v) is 22.7. The molecule has 0 N–H and O–H groups in total. The Kier molecular flexibility index (Phi) is 19.9. The van der Waals surface area contributed by atoms with Crippen LogP contribution in [-0.4, -0.2) is 0 Å². The topological polar surface area (TPSA) is 29.5 Å². The standard InChI is InChI=1S/C111H109NO2/c1-6-10-14-18-42-68-108(69-43-19-15-11-7-2)90-58-38-35-55-84(90)102-103-87-57-37-41-61-98(87)114-107(103)104-85-65-63-81(72-92(85)109(106(104)105(102)108,70-44-20-16-12-8-3)71-45-21-17-13-9-4)112(96-59-39-34-46-76(96)5)82-62-64-83-88-74-95-89(75-94(88)111(93(83)73-82,79-51-30-24-31-52-79)80-53-32-25-33-54-80)100-91(66-67-99-101(100)86-56-36-40-60-97(86)113-99)110(95,77-47-26-22-27-48-77)78-49-28-23-29-50-78/h22-41,46-67,72-75H,6-21,42-45,68-71H2,1-5H3. The fourth-order valence-electron chi connectivity index (χ4n) is 22.7. The van der Waals surface area contributed by atoms with Gasteiger partial charge in [0, 0.05) is 55.0 Å². The normalized spacial score (nSPS) is 14.6. The van der Waals surface area contributed by atoms with Gasteiger partial charge in [-0.3, -0.25) is 0 Å². The van der Waals surface area contributed by atoms with E-state index in [4.69, 9.17) is 8.83 Å². The Morgan fingerprint density at radius 3 is 1.24 bits per heavy atom. The first-order valence-corrected chi connectivity index (χ1v) is 44.0. The van der Waals surface area contributed by atoms with Crippen LogP contribution in [0.15, 0.2) is 288 Å². The molecular formula is C111H109NO2. The summed E-state index contributed by atoms with van der Waals surface area (Å²) in [6, 6.07) is 108. The van der Waals surface area contributed by atoms with E-state index >= 15 is 0 Å². The van der Waals surface area contributed by atoms with Crippen molar-refractivity contribution in [3.63, 3.8) is 0 Å². The Labute approximate surface area is 676 Å². The van der Waals surface area contributed by atoms with Crippen LogP contribution in [0.1, 0.15) is 254 Å². The lowest BCUT2D eigenvalue weighted by Crippen LogP contribution is -2.33. The SMILES string of the molecule is CCCCCCCC1(CCCCCCC)c2cc(N(c3ccc4c(c3)C(c3ccccc3)(c3ccccc3)c3cc5c(cc3-4)C(c3ccccc3)(c3ccccc3)c3ccc4oc6ccccc6c4c3-5)c3ccccc3C)ccc2-c2c1c1c(c3c2oc2ccccc23)-c2ccccc2C1(CCCCCCC)CCCCCCC. The quantitative estimate of drug-likeness (QED) is 0.0406. The van der Waals surface area contributed by atoms with Crippen molar-refractivity contribution in [2.24, 2.45) is 0 Å². The zero-order chi connectivity index (χ0) is 77.0. The van der Waals surface area contributed by atoms with Crippen molar-refractivity contribution in [1.82, 2.24) is 0 Å². The molecule has 0 radical (unpaired) electrons. The number of hydrogen-bond acceptors (Lipinski definition) is 3. The maximum Gasteiger partial charge on any atom is 0.144 e. The van der Waals surface area contributed by atoms with Crippen molar-refractivity contribution in [3.05, 3.63) is 351 Å². The molecule has 0 fully saturated rings. The number of rotatable bonds is 31. The Balaban J connectivity index is 0.882. The number of anilines is 3. The highest BCUT2D eigenvalue weighted by Crippen LogP contribution is 2.69. The average Bonchev–Trinajstić information content (AvgIpc) is 1.49. The predicted molar refractivity (Wildman–Crippen MR) is 481 cm³/mol. The van der Waals surface area contributed by atoms with Crippen LogP contribution in [-0.2, 0) is 21.7 Å². The van der Waals surface area contributed by atoms with Crippen molar-refractivity contribution in [3.8, 4) is 44.5 Å². The number of benzene rings is 13. The van der Waals surface area contributed by atoms with E-state index in [1.165, 1.54) is 251 Å². The molecule has 13 aromatic carbocycles. The van der Waals surface area contributed by atoms with E-state index < -0.39 is 10.8 Å². The molecule has 4 aliphatic rings. The average molecular weight is 1490 g/mol. The highest BCUT2D eigenvalue weighted by Gasteiger charge is 2.56. The Bertz CT molecular complexity index is 5920. The number of aryl methyl sites for hydroxylation is 1. The molecule has 0 amide bonds. The summed E-state index contributed by atoms with van der Waals surface area (Å²) in [6.07, 6.45) is 29.4. The fraction of sp³-hybridized carbons (Fsp3) is 0.297. The minimum absolute atomic E-state index is 0.172. The van der Waals surface area contributed by atoms with E-state index in [9.17, 15) is 0 Å². The zero-order valence-corrected chi connectivity index (χ0v) is 67.8. The van der Waals surface area contributed by atoms with E-state index in [0.717, 1.165) is 64.5 Å². The van der Waals surface area contributed by atoms with Gasteiger partial charge in [-0.2, -0.15) is 0 Å². The molecule has 570 valence electrons. The molecule has 19 rings (SSSR count). The third-order valence-electron chi connectivity index (χ3n) is 27.7. The third-order valence-corrected chi connectivity index (χ3v) is 27.7. The van der Waals surface area contributed by atoms with Crippen LogP contribution in [0, 0.1) is 6.92 Å². The first-order valence-electron chi connectivity index (χ1n) is 44.0. The van der Waals surface area contributed by atoms with E-state index in [-0.39, 0.29) is 10.8 Å². The summed E-state index contributed by atoms with van der Waals surface area (Å²) in [4.78, 5) is 2.68. The van der Waals surface area contributed by atoms with E-state index in [2.05, 4.69) is 319 Å². The summed E-state index contributed by atoms with van der Waals surface area (Å²) in [5.41, 5.74) is 33.7. The maximum absolute atomic E-state index is 7.73. The first-order chi connectivity index (χ1) is 56.3. The van der Waals surface area contributed by atoms with Crippen molar-refractivity contribution in [1.29, 1.82) is 0 Å². The molecular weight excluding hydrogens is 1380 g/mol. The molecule has 15 aromatic rings. The largest absolute Gasteiger partial charge is 0.456 e. The van der Waals surface area contributed by atoms with Gasteiger partial charge in [0.2, 0.25) is 0 Å². The van der Waals surface area contributed by atoms with E-state index in [1.54, 1.807) is 16.7 Å². The number of para-hydroxylation sites is 3. The molecule has 0 saturated carbocycles. The Hall–Kier alpha value is -10.7. The highest BCUT2D eigenvalue weighted by molar-refractivity contribution is 6.21. The van der Waals surface area contributed by atoms with Gasteiger partial charge in [-0.25, -0.2) is 0 Å². The van der Waals surface area contributed by atoms with Crippen molar-refractivity contribution >= 4 is 60.9 Å². The zero-order valence-electron chi connectivity index (χ0n) is 67.8. The van der Waals surface area contributed by atoms with Gasteiger partial charge in [-0.05, 0) is 205 Å². The smallest absolute Gasteiger partial charge is 0.144 e. The van der Waals surface area contributed by atoms with Gasteiger partial charge < -0.3 is 13.7 Å². The molecule has 0 bridgehead atoms. The highest BCUT2D eigenvalue weighted by atomic mass is 16.3. The molecule has 114 heavy (non-hydrogen) atoms. The van der Waals surface area contributed by atoms with Crippen LogP contribution < -0.4 is 4.90 Å². The first kappa shape index (κ1) is 73.4. The maximum atomic E-state index is 7.73. The number of furan rings is 2. The van der Waals surface area contributed by atoms with Gasteiger partial charge in [0.15, 0.2) is 0 Å². The number of fused-ring (bicyclic) bond motifs is 22. The molecule has 3 nitrogen and oxygen atoms in total. The second kappa shape index (κ2) is 30.9. The Morgan fingerprint density at radius 1 is 0.272 bits per heavy atom. The van der Waals surface area contributed by atoms with Crippen LogP contribution >= 0.6 is 0 Å². The van der Waals surface area contributed by atoms with Crippen LogP contribution in [0.4, 0.5) is 17.1 Å². The van der Waals surface area contributed by atoms with Gasteiger partial charge in [0.25, 0.3) is 0 Å². The van der Waals surface area contributed by atoms with Gasteiger partial charge >= 0.3 is 0 Å². The summed E-state index contributed by atoms with van der Waals surface area (Å²) >= 11 is 0. The third kappa shape index (κ3) is 11.6. The summed E-state index contributed by atoms with van der Waals surface area (Å²) < 4.78 is 14.7. The van der Waals surface area contributed by atoms with Gasteiger partial charge in [-0.1, -0.05) is 375 Å². The number of unbranched alkanes of at least 4 members (excludes halogenated alkanes) is 16. The molecule has 0 atom stereocenters. The number of hydrogen-bond donors (Lipinski definition) is 0. The lowest BCUT2D eigenvalue weighted by molar-refractivity contribution is 0.369. The monoisotopic (exact) mass is 1490 g/mol. The molecule has 2 heterocycles. The van der Waals surface area contributed by atoms with Gasteiger partial charge in [0.05, 0.1) is 10.8 Å². The summed E-state index contributed by atoms with van der Waals surface area (Å²) in [7, 11) is 0. The second-order valence-electron chi connectivity index (χ2n) is 34.1. The minimum atomic E-state index is -0.772. The lowest BCUT2D eigenvalue weighted by atomic mass is 9.62. The summed E-state index contributed by atoms with van der Waals surface area (Å²) in [6.45, 7) is 11.8. The molecule has 3 heteroatoms. The van der Waals surface area contributed by atoms with Crippen molar-refractivity contribution < 1.29 is 8.83 Å². The molecule has 4 aliphatic carbocycles. The van der Waals surface area contributed by atoms with Gasteiger partial charge in [-0.15, -0.1) is 0 Å². The van der Waals surface area contributed by atoms with E-state index in [1.807, 2.05) is 0 Å². The minimum Gasteiger partial charge on any atom is -0.456 e. The molecule has 0 saturated heterocycles. The molecule has 0 aliphatic heterocycles. The summed E-state index contributed by atoms with van der Waals surface area (Å²) in [5, 5.41) is 4.87. The molecule has 0 unspecified atom stereocenters. The number of nitrogens with zero attached hydrogens (tertiary/aromatic N) is 1. The van der Waals surface area contributed by atoms with Crippen molar-refractivity contribution in [2.75, 3.05) is 4.90 Å². The van der Waals surface area contributed by atoms with Gasteiger partial charge in [0.1, 0.15) is 22.3 Å². The molecule has 2 aromatic heterocycles.